The molecule has 130 valence electrons. The van der Waals surface area contributed by atoms with E-state index in [9.17, 15) is 4.79 Å². The number of amides is 1. The standard InChI is InChI=1S/C18H19N3O2S2/c1-10(2)23-14-7-5-13(6-8-14)15-9-24-18(20-15)21-17(22)16-11(3)19-12(4)25-16/h5-10H,1-4H3,(H,20,21,22). The van der Waals surface area contributed by atoms with Gasteiger partial charge in [-0.3, -0.25) is 10.1 Å². The number of ether oxygens (including phenoxy) is 1. The molecule has 0 radical (unpaired) electrons. The van der Waals surface area contributed by atoms with E-state index in [0.29, 0.717) is 10.0 Å². The molecule has 2 aromatic heterocycles. The number of hydrogen-bond acceptors (Lipinski definition) is 6. The van der Waals surface area contributed by atoms with E-state index in [4.69, 9.17) is 4.74 Å². The molecular weight excluding hydrogens is 354 g/mol. The van der Waals surface area contributed by atoms with Crippen molar-refractivity contribution in [1.29, 1.82) is 0 Å². The SMILES string of the molecule is Cc1nc(C)c(C(=O)Nc2nc(-c3ccc(OC(C)C)cc3)cs2)s1. The minimum atomic E-state index is -0.162. The van der Waals surface area contributed by atoms with Gasteiger partial charge in [-0.15, -0.1) is 22.7 Å². The summed E-state index contributed by atoms with van der Waals surface area (Å²) in [7, 11) is 0. The third kappa shape index (κ3) is 4.24. The maximum atomic E-state index is 12.4. The smallest absolute Gasteiger partial charge is 0.269 e. The molecule has 0 saturated heterocycles. The summed E-state index contributed by atoms with van der Waals surface area (Å²) in [5.41, 5.74) is 2.56. The first-order chi connectivity index (χ1) is 11.9. The summed E-state index contributed by atoms with van der Waals surface area (Å²) in [6.07, 6.45) is 0.144. The third-order valence-corrected chi connectivity index (χ3v) is 5.19. The van der Waals surface area contributed by atoms with Crippen molar-refractivity contribution in [2.45, 2.75) is 33.8 Å². The van der Waals surface area contributed by atoms with Crippen LogP contribution in [0.2, 0.25) is 0 Å². The van der Waals surface area contributed by atoms with Crippen LogP contribution in [0.15, 0.2) is 29.6 Å². The zero-order chi connectivity index (χ0) is 18.0. The van der Waals surface area contributed by atoms with Crippen LogP contribution in [-0.2, 0) is 0 Å². The molecule has 25 heavy (non-hydrogen) atoms. The normalized spacial score (nSPS) is 10.9. The lowest BCUT2D eigenvalue weighted by molar-refractivity contribution is 0.103. The second kappa shape index (κ2) is 7.33. The Morgan fingerprint density at radius 2 is 1.88 bits per heavy atom. The number of aryl methyl sites for hydroxylation is 2. The van der Waals surface area contributed by atoms with E-state index in [1.807, 2.05) is 57.3 Å². The minimum Gasteiger partial charge on any atom is -0.491 e. The van der Waals surface area contributed by atoms with Crippen LogP contribution >= 0.6 is 22.7 Å². The highest BCUT2D eigenvalue weighted by atomic mass is 32.1. The summed E-state index contributed by atoms with van der Waals surface area (Å²) in [5, 5.41) is 6.24. The fourth-order valence-corrected chi connectivity index (χ4v) is 3.87. The number of anilines is 1. The van der Waals surface area contributed by atoms with Crippen LogP contribution in [0.3, 0.4) is 0 Å². The molecule has 0 fully saturated rings. The van der Waals surface area contributed by atoms with Gasteiger partial charge >= 0.3 is 0 Å². The number of nitrogens with one attached hydrogen (secondary N) is 1. The van der Waals surface area contributed by atoms with Gasteiger partial charge in [-0.2, -0.15) is 0 Å². The van der Waals surface area contributed by atoms with Crippen LogP contribution in [0.5, 0.6) is 5.75 Å². The monoisotopic (exact) mass is 373 g/mol. The summed E-state index contributed by atoms with van der Waals surface area (Å²) >= 11 is 2.80. The Hall–Kier alpha value is -2.25. The Labute approximate surface area is 154 Å². The van der Waals surface area contributed by atoms with E-state index in [0.717, 1.165) is 27.7 Å². The van der Waals surface area contributed by atoms with Crippen molar-refractivity contribution in [3.63, 3.8) is 0 Å². The molecule has 1 aromatic carbocycles. The molecule has 0 saturated carbocycles. The molecular formula is C18H19N3O2S2. The Balaban J connectivity index is 1.72. The van der Waals surface area contributed by atoms with Crippen LogP contribution in [-0.4, -0.2) is 22.0 Å². The van der Waals surface area contributed by atoms with Crippen LogP contribution in [0.1, 0.15) is 34.2 Å². The van der Waals surface area contributed by atoms with Gasteiger partial charge in [0.2, 0.25) is 0 Å². The van der Waals surface area contributed by atoms with Gasteiger partial charge in [0.1, 0.15) is 10.6 Å². The van der Waals surface area contributed by atoms with E-state index in [1.165, 1.54) is 22.7 Å². The Morgan fingerprint density at radius 1 is 1.16 bits per heavy atom. The van der Waals surface area contributed by atoms with Crippen LogP contribution in [0.25, 0.3) is 11.3 Å². The molecule has 0 aliphatic heterocycles. The van der Waals surface area contributed by atoms with Crippen molar-refractivity contribution in [2.75, 3.05) is 5.32 Å². The predicted octanol–water partition coefficient (Wildman–Crippen LogP) is 4.92. The number of carbonyl (C=O) groups is 1. The van der Waals surface area contributed by atoms with Crippen LogP contribution < -0.4 is 10.1 Å². The molecule has 0 aliphatic rings. The maximum Gasteiger partial charge on any atom is 0.269 e. The first-order valence-corrected chi connectivity index (χ1v) is 9.60. The highest BCUT2D eigenvalue weighted by molar-refractivity contribution is 7.15. The molecule has 0 unspecified atom stereocenters. The zero-order valence-corrected chi connectivity index (χ0v) is 16.1. The second-order valence-corrected chi connectivity index (χ2v) is 7.89. The largest absolute Gasteiger partial charge is 0.491 e. The average Bonchev–Trinajstić information content (AvgIpc) is 3.14. The van der Waals surface area contributed by atoms with Gasteiger partial charge in [-0.05, 0) is 52.0 Å². The molecule has 3 aromatic rings. The molecule has 7 heteroatoms. The summed E-state index contributed by atoms with van der Waals surface area (Å²) in [5.74, 6) is 0.670. The lowest BCUT2D eigenvalue weighted by Gasteiger charge is -2.09. The fraction of sp³-hybridized carbons (Fsp3) is 0.278. The van der Waals surface area contributed by atoms with Crippen LogP contribution in [0, 0.1) is 13.8 Å². The summed E-state index contributed by atoms with van der Waals surface area (Å²) in [6, 6.07) is 7.79. The Bertz CT molecular complexity index is 882. The van der Waals surface area contributed by atoms with Crippen LogP contribution in [0.4, 0.5) is 5.13 Å². The quantitative estimate of drug-likeness (QED) is 0.689. The van der Waals surface area contributed by atoms with E-state index in [2.05, 4.69) is 15.3 Å². The van der Waals surface area contributed by atoms with Gasteiger partial charge in [0, 0.05) is 10.9 Å². The topological polar surface area (TPSA) is 64.1 Å². The number of benzene rings is 1. The van der Waals surface area contributed by atoms with E-state index in [1.54, 1.807) is 0 Å². The van der Waals surface area contributed by atoms with E-state index >= 15 is 0 Å². The minimum absolute atomic E-state index is 0.144. The molecule has 1 N–H and O–H groups in total. The van der Waals surface area contributed by atoms with Gasteiger partial charge in [0.25, 0.3) is 5.91 Å². The summed E-state index contributed by atoms with van der Waals surface area (Å²) in [6.45, 7) is 7.72. The Kier molecular flexibility index (Phi) is 5.15. The number of rotatable bonds is 5. The van der Waals surface area contributed by atoms with Crippen molar-refractivity contribution in [3.8, 4) is 17.0 Å². The molecule has 1 amide bonds. The number of thiazole rings is 2. The van der Waals surface area contributed by atoms with Gasteiger partial charge < -0.3 is 4.74 Å². The molecule has 0 spiro atoms. The van der Waals surface area contributed by atoms with Gasteiger partial charge in [0.15, 0.2) is 5.13 Å². The van der Waals surface area contributed by atoms with Crippen molar-refractivity contribution in [3.05, 3.63) is 45.2 Å². The molecule has 5 nitrogen and oxygen atoms in total. The van der Waals surface area contributed by atoms with Crippen molar-refractivity contribution in [1.82, 2.24) is 9.97 Å². The zero-order valence-electron chi connectivity index (χ0n) is 14.5. The number of hydrogen-bond donors (Lipinski definition) is 1. The first kappa shape index (κ1) is 17.6. The van der Waals surface area contributed by atoms with Crippen molar-refractivity contribution < 1.29 is 9.53 Å². The molecule has 0 bridgehead atoms. The maximum absolute atomic E-state index is 12.4. The highest BCUT2D eigenvalue weighted by Crippen LogP contribution is 2.27. The molecule has 0 aliphatic carbocycles. The second-order valence-electron chi connectivity index (χ2n) is 5.83. The van der Waals surface area contributed by atoms with Gasteiger partial charge in [-0.25, -0.2) is 9.97 Å². The van der Waals surface area contributed by atoms with Gasteiger partial charge in [0.05, 0.1) is 22.5 Å². The fourth-order valence-electron chi connectivity index (χ4n) is 2.34. The predicted molar refractivity (Wildman–Crippen MR) is 103 cm³/mol. The first-order valence-electron chi connectivity index (χ1n) is 7.90. The van der Waals surface area contributed by atoms with E-state index in [-0.39, 0.29) is 12.0 Å². The van der Waals surface area contributed by atoms with Gasteiger partial charge in [-0.1, -0.05) is 0 Å². The average molecular weight is 374 g/mol. The van der Waals surface area contributed by atoms with Crippen molar-refractivity contribution in [2.24, 2.45) is 0 Å². The van der Waals surface area contributed by atoms with Crippen molar-refractivity contribution >= 4 is 33.7 Å². The summed E-state index contributed by atoms with van der Waals surface area (Å²) in [4.78, 5) is 21.8. The molecule has 0 atom stereocenters. The molecule has 3 rings (SSSR count). The number of carbonyl (C=O) groups excluding carboxylic acids is 1. The third-order valence-electron chi connectivity index (χ3n) is 3.36. The Morgan fingerprint density at radius 3 is 2.48 bits per heavy atom. The number of aromatic nitrogens is 2. The lowest BCUT2D eigenvalue weighted by Crippen LogP contribution is -2.11. The lowest BCUT2D eigenvalue weighted by atomic mass is 10.2. The van der Waals surface area contributed by atoms with E-state index < -0.39 is 0 Å². The highest BCUT2D eigenvalue weighted by Gasteiger charge is 2.15. The molecule has 2 heterocycles. The summed E-state index contributed by atoms with van der Waals surface area (Å²) < 4.78 is 5.65. The number of nitrogens with zero attached hydrogens (tertiary/aromatic N) is 2.